The van der Waals surface area contributed by atoms with Gasteiger partial charge in [0.15, 0.2) is 0 Å². The zero-order valence-corrected chi connectivity index (χ0v) is 22.4. The van der Waals surface area contributed by atoms with E-state index in [1.54, 1.807) is 13.8 Å². The van der Waals surface area contributed by atoms with Gasteiger partial charge in [0, 0.05) is 28.1 Å². The van der Waals surface area contributed by atoms with Crippen molar-refractivity contribution >= 4 is 57.9 Å². The van der Waals surface area contributed by atoms with Crippen molar-refractivity contribution in [1.82, 2.24) is 4.57 Å². The fourth-order valence-electron chi connectivity index (χ4n) is 4.86. The number of nitrogens with one attached hydrogen (secondary N) is 1. The van der Waals surface area contributed by atoms with E-state index in [1.165, 1.54) is 30.3 Å². The number of amides is 3. The van der Waals surface area contributed by atoms with Gasteiger partial charge in [-0.1, -0.05) is 43.0 Å². The Morgan fingerprint density at radius 1 is 1.10 bits per heavy atom. The van der Waals surface area contributed by atoms with Crippen molar-refractivity contribution in [3.8, 4) is 0 Å². The molecule has 3 aromatic rings. The fourth-order valence-corrected chi connectivity index (χ4v) is 7.90. The number of imide groups is 1. The second-order valence-electron chi connectivity index (χ2n) is 9.74. The maximum Gasteiger partial charge on any atom is 0.416 e. The first-order valence-electron chi connectivity index (χ1n) is 11.7. The van der Waals surface area contributed by atoms with Crippen LogP contribution in [-0.4, -0.2) is 32.5 Å². The van der Waals surface area contributed by atoms with Crippen molar-refractivity contribution < 1.29 is 32.5 Å². The molecule has 15 heteroatoms. The highest BCUT2D eigenvalue weighted by Crippen LogP contribution is 2.54. The first kappa shape index (κ1) is 27.6. The van der Waals surface area contributed by atoms with Gasteiger partial charge in [-0.05, 0) is 30.3 Å². The number of anilines is 2. The van der Waals surface area contributed by atoms with Crippen molar-refractivity contribution in [2.24, 2.45) is 5.92 Å². The van der Waals surface area contributed by atoms with Crippen molar-refractivity contribution in [3.05, 3.63) is 78.8 Å². The number of rotatable bonds is 5. The van der Waals surface area contributed by atoms with Gasteiger partial charge >= 0.3 is 11.0 Å². The van der Waals surface area contributed by atoms with Gasteiger partial charge in [-0.25, -0.2) is 4.90 Å². The number of hydrogen-bond acceptors (Lipinski definition) is 8. The van der Waals surface area contributed by atoms with Gasteiger partial charge in [0.2, 0.25) is 17.7 Å². The number of fused-ring (bicyclic) bond motifs is 2. The number of carbonyl (C=O) groups excluding carboxylic acids is 3. The summed E-state index contributed by atoms with van der Waals surface area (Å²) in [5.41, 5.74) is -2.06. The number of nitro benzene ring substituents is 1. The van der Waals surface area contributed by atoms with Crippen LogP contribution in [0.5, 0.6) is 0 Å². The molecular weight excluding hydrogens is 573 g/mol. The van der Waals surface area contributed by atoms with Crippen LogP contribution >= 0.6 is 23.1 Å². The number of alkyl halides is 3. The highest BCUT2D eigenvalue weighted by Gasteiger charge is 2.59. The molecule has 1 fully saturated rings. The Balaban J connectivity index is 1.43. The third-order valence-electron chi connectivity index (χ3n) is 6.80. The smallest absolute Gasteiger partial charge is 0.325 e. The Labute approximate surface area is 231 Å². The van der Waals surface area contributed by atoms with Crippen LogP contribution in [-0.2, 0) is 32.5 Å². The quantitative estimate of drug-likeness (QED) is 0.264. The molecule has 3 amide bonds. The van der Waals surface area contributed by atoms with Gasteiger partial charge in [0.05, 0.1) is 27.1 Å². The first-order chi connectivity index (χ1) is 18.7. The second-order valence-corrected chi connectivity index (χ2v) is 11.8. The van der Waals surface area contributed by atoms with E-state index in [0.29, 0.717) is 9.90 Å². The highest BCUT2D eigenvalue weighted by molar-refractivity contribution is 8.00. The predicted octanol–water partition coefficient (Wildman–Crippen LogP) is 4.42. The Bertz CT molecular complexity index is 1630. The number of nitro groups is 1. The second kappa shape index (κ2) is 9.59. The third-order valence-corrected chi connectivity index (χ3v) is 9.62. The molecule has 2 aliphatic heterocycles. The van der Waals surface area contributed by atoms with Crippen LogP contribution in [0.2, 0.25) is 0 Å². The number of non-ortho nitro benzene ring substituents is 1. The van der Waals surface area contributed by atoms with Gasteiger partial charge in [0.1, 0.15) is 11.8 Å². The molecule has 2 unspecified atom stereocenters. The molecule has 1 aromatic heterocycles. The van der Waals surface area contributed by atoms with Gasteiger partial charge in [0.25, 0.3) is 5.69 Å². The number of nitrogens with zero attached hydrogens (tertiary/aromatic N) is 3. The van der Waals surface area contributed by atoms with Crippen LogP contribution < -0.4 is 15.1 Å². The minimum atomic E-state index is -4.60. The Morgan fingerprint density at radius 2 is 1.77 bits per heavy atom. The van der Waals surface area contributed by atoms with Crippen LogP contribution in [0.3, 0.4) is 0 Å². The van der Waals surface area contributed by atoms with E-state index in [-0.39, 0.29) is 17.1 Å². The fraction of sp³-hybridized carbons (Fsp3) is 0.280. The van der Waals surface area contributed by atoms with Crippen molar-refractivity contribution in [2.75, 3.05) is 10.2 Å². The molecule has 2 aliphatic rings. The van der Waals surface area contributed by atoms with Crippen LogP contribution in [0.25, 0.3) is 0 Å². The molecule has 1 N–H and O–H groups in total. The number of thiazole rings is 1. The number of aromatic nitrogens is 1. The topological polar surface area (TPSA) is 132 Å². The van der Waals surface area contributed by atoms with E-state index in [2.05, 4.69) is 5.32 Å². The molecule has 5 rings (SSSR count). The zero-order valence-electron chi connectivity index (χ0n) is 20.7. The summed E-state index contributed by atoms with van der Waals surface area (Å²) < 4.78 is 40.3. The predicted molar refractivity (Wildman–Crippen MR) is 140 cm³/mol. The van der Waals surface area contributed by atoms with E-state index in [0.717, 1.165) is 50.8 Å². The molecule has 0 radical (unpaired) electrons. The summed E-state index contributed by atoms with van der Waals surface area (Å²) in [4.78, 5) is 64.0. The number of hydrogen-bond donors (Lipinski definition) is 1. The SMILES string of the molecule is CC1(C)c2sc(=O)n(CC(=O)Nc3cccc(C(F)(F)F)c3)c2SC2C(=O)N(c3ccc([N+](=O)[O-])cc3)C(=O)C21. The molecular formula is C25H19F3N4O6S2. The molecule has 0 aliphatic carbocycles. The molecule has 10 nitrogen and oxygen atoms in total. The average molecular weight is 593 g/mol. The maximum absolute atomic E-state index is 13.5. The molecule has 0 spiro atoms. The number of carbonyl (C=O) groups is 3. The van der Waals surface area contributed by atoms with E-state index in [9.17, 15) is 42.5 Å². The van der Waals surface area contributed by atoms with Crippen LogP contribution in [0.1, 0.15) is 24.3 Å². The molecule has 2 aromatic carbocycles. The summed E-state index contributed by atoms with van der Waals surface area (Å²) in [6, 6.07) is 9.08. The first-order valence-corrected chi connectivity index (χ1v) is 13.4. The molecule has 208 valence electrons. The largest absolute Gasteiger partial charge is 0.416 e. The molecule has 0 bridgehead atoms. The number of thioether (sulfide) groups is 1. The molecule has 3 heterocycles. The summed E-state index contributed by atoms with van der Waals surface area (Å²) in [5, 5.41) is 12.8. The molecule has 0 saturated carbocycles. The lowest BCUT2D eigenvalue weighted by atomic mass is 9.76. The van der Waals surface area contributed by atoms with E-state index in [1.807, 2.05) is 0 Å². The minimum absolute atomic E-state index is 0.0969. The molecule has 40 heavy (non-hydrogen) atoms. The van der Waals surface area contributed by atoms with E-state index < -0.39 is 62.4 Å². The average Bonchev–Trinajstić information content (AvgIpc) is 3.32. The van der Waals surface area contributed by atoms with Gasteiger partial charge < -0.3 is 5.32 Å². The lowest BCUT2D eigenvalue weighted by molar-refractivity contribution is -0.384. The van der Waals surface area contributed by atoms with Gasteiger partial charge in [-0.2, -0.15) is 13.2 Å². The Hall–Kier alpha value is -3.98. The van der Waals surface area contributed by atoms with E-state index >= 15 is 0 Å². The lowest BCUT2D eigenvalue weighted by Crippen LogP contribution is -2.41. The lowest BCUT2D eigenvalue weighted by Gasteiger charge is -2.36. The molecule has 1 saturated heterocycles. The summed E-state index contributed by atoms with van der Waals surface area (Å²) in [7, 11) is 0. The Morgan fingerprint density at radius 3 is 2.40 bits per heavy atom. The van der Waals surface area contributed by atoms with E-state index in [4.69, 9.17) is 0 Å². The van der Waals surface area contributed by atoms with Crippen LogP contribution in [0, 0.1) is 16.0 Å². The summed E-state index contributed by atoms with van der Waals surface area (Å²) in [6.07, 6.45) is -4.60. The normalized spacial score (nSPS) is 19.8. The standard InChI is InChI=1S/C25H19F3N4O6S2/c1-24(2)17-18(21(35)31(20(17)34)14-6-8-15(9-7-14)32(37)38)39-22-19(24)40-23(36)30(22)11-16(33)29-13-5-3-4-12(10-13)25(26,27)28/h3-10,17-18H,11H2,1-2H3,(H,29,33). The Kier molecular flexibility index (Phi) is 6.61. The highest BCUT2D eigenvalue weighted by atomic mass is 32.2. The maximum atomic E-state index is 13.5. The zero-order chi connectivity index (χ0) is 29.1. The monoisotopic (exact) mass is 592 g/mol. The van der Waals surface area contributed by atoms with Gasteiger partial charge in [-0.15, -0.1) is 0 Å². The van der Waals surface area contributed by atoms with Crippen molar-refractivity contribution in [1.29, 1.82) is 0 Å². The van der Waals surface area contributed by atoms with Gasteiger partial charge in [-0.3, -0.25) is 33.9 Å². The summed E-state index contributed by atoms with van der Waals surface area (Å²) in [6.45, 7) is 2.92. The van der Waals surface area contributed by atoms with Crippen LogP contribution in [0.15, 0.2) is 58.4 Å². The van der Waals surface area contributed by atoms with Crippen molar-refractivity contribution in [2.45, 2.75) is 42.3 Å². The number of halogens is 3. The minimum Gasteiger partial charge on any atom is -0.325 e. The third kappa shape index (κ3) is 4.58. The molecule has 2 atom stereocenters. The summed E-state index contributed by atoms with van der Waals surface area (Å²) >= 11 is 1.81. The number of benzene rings is 2. The van der Waals surface area contributed by atoms with Crippen LogP contribution in [0.4, 0.5) is 30.2 Å². The van der Waals surface area contributed by atoms with Crippen molar-refractivity contribution in [3.63, 3.8) is 0 Å². The summed E-state index contributed by atoms with van der Waals surface area (Å²) in [5.74, 6) is -2.67.